The summed E-state index contributed by atoms with van der Waals surface area (Å²) in [5.41, 5.74) is 3.13. The van der Waals surface area contributed by atoms with Gasteiger partial charge in [-0.3, -0.25) is 9.48 Å². The van der Waals surface area contributed by atoms with Crippen LogP contribution < -0.4 is 15.4 Å². The van der Waals surface area contributed by atoms with Crippen LogP contribution >= 0.6 is 0 Å². The zero-order valence-electron chi connectivity index (χ0n) is 13.6. The summed E-state index contributed by atoms with van der Waals surface area (Å²) in [5.74, 6) is 1.58. The third kappa shape index (κ3) is 3.53. The summed E-state index contributed by atoms with van der Waals surface area (Å²) in [6.07, 6.45) is 1.23. The highest BCUT2D eigenvalue weighted by atomic mass is 16.5. The van der Waals surface area contributed by atoms with Gasteiger partial charge < -0.3 is 15.4 Å². The molecule has 1 aromatic carbocycles. The third-order valence-electron chi connectivity index (χ3n) is 3.93. The average molecular weight is 314 g/mol. The number of fused-ring (bicyclic) bond motifs is 1. The van der Waals surface area contributed by atoms with Gasteiger partial charge in [-0.2, -0.15) is 5.10 Å². The second kappa shape index (κ2) is 6.83. The van der Waals surface area contributed by atoms with Crippen LogP contribution in [0.25, 0.3) is 0 Å². The molecule has 23 heavy (non-hydrogen) atoms. The highest BCUT2D eigenvalue weighted by molar-refractivity contribution is 5.92. The summed E-state index contributed by atoms with van der Waals surface area (Å²) in [6.45, 7) is 4.27. The maximum atomic E-state index is 12.3. The molecule has 0 bridgehead atoms. The van der Waals surface area contributed by atoms with E-state index in [9.17, 15) is 4.79 Å². The van der Waals surface area contributed by atoms with Crippen LogP contribution in [0.5, 0.6) is 5.75 Å². The fourth-order valence-electron chi connectivity index (χ4n) is 2.82. The number of carbonyl (C=O) groups is 1. The molecule has 6 nitrogen and oxygen atoms in total. The van der Waals surface area contributed by atoms with Crippen molar-refractivity contribution in [2.75, 3.05) is 18.5 Å². The van der Waals surface area contributed by atoms with Crippen LogP contribution in [0, 0.1) is 0 Å². The Balaban J connectivity index is 1.66. The van der Waals surface area contributed by atoms with Gasteiger partial charge in [0.05, 0.1) is 18.7 Å². The fraction of sp³-hybridized carbons (Fsp3) is 0.412. The first kappa shape index (κ1) is 15.6. The number of nitrogens with zero attached hydrogens (tertiary/aromatic N) is 2. The monoisotopic (exact) mass is 314 g/mol. The van der Waals surface area contributed by atoms with Gasteiger partial charge in [0.15, 0.2) is 0 Å². The molecule has 0 atom stereocenters. The summed E-state index contributed by atoms with van der Waals surface area (Å²) in [4.78, 5) is 12.3. The minimum atomic E-state index is -0.0365. The molecule has 3 rings (SSSR count). The molecular formula is C17H22N4O2. The maximum Gasteiger partial charge on any atom is 0.229 e. The Bertz CT molecular complexity index is 691. The van der Waals surface area contributed by atoms with Gasteiger partial charge in [-0.25, -0.2) is 0 Å². The Morgan fingerprint density at radius 1 is 1.39 bits per heavy atom. The third-order valence-corrected chi connectivity index (χ3v) is 3.93. The Morgan fingerprint density at radius 2 is 2.17 bits per heavy atom. The Morgan fingerprint density at radius 3 is 2.91 bits per heavy atom. The maximum absolute atomic E-state index is 12.3. The summed E-state index contributed by atoms with van der Waals surface area (Å²) >= 11 is 0. The predicted molar refractivity (Wildman–Crippen MR) is 88.6 cm³/mol. The summed E-state index contributed by atoms with van der Waals surface area (Å²) < 4.78 is 7.17. The van der Waals surface area contributed by atoms with E-state index >= 15 is 0 Å². The molecule has 2 heterocycles. The molecule has 0 fully saturated rings. The van der Waals surface area contributed by atoms with Gasteiger partial charge >= 0.3 is 0 Å². The number of ether oxygens (including phenoxy) is 1. The lowest BCUT2D eigenvalue weighted by molar-refractivity contribution is -0.115. The smallest absolute Gasteiger partial charge is 0.229 e. The standard InChI is InChI=1S/C17H22N4O2/c1-3-23-13-6-4-12(5-7-13)10-16(22)19-17-14-11-18-9-8-15(14)20-21(17)2/h4-7,18H,3,8-11H2,1-2H3,(H,19,22). The second-order valence-corrected chi connectivity index (χ2v) is 5.63. The molecule has 2 N–H and O–H groups in total. The number of aryl methyl sites for hydroxylation is 1. The van der Waals surface area contributed by atoms with Crippen molar-refractivity contribution < 1.29 is 9.53 Å². The average Bonchev–Trinajstić information content (AvgIpc) is 2.85. The lowest BCUT2D eigenvalue weighted by atomic mass is 10.1. The summed E-state index contributed by atoms with van der Waals surface area (Å²) in [5, 5.41) is 10.8. The van der Waals surface area contributed by atoms with Crippen LogP contribution in [0.3, 0.4) is 0 Å². The Labute approximate surface area is 135 Å². The fourth-order valence-corrected chi connectivity index (χ4v) is 2.82. The van der Waals surface area contributed by atoms with E-state index in [4.69, 9.17) is 4.74 Å². The highest BCUT2D eigenvalue weighted by Gasteiger charge is 2.20. The van der Waals surface area contributed by atoms with Crippen molar-refractivity contribution in [2.24, 2.45) is 7.05 Å². The van der Waals surface area contributed by atoms with Crippen LogP contribution in [0.15, 0.2) is 24.3 Å². The number of anilines is 1. The molecule has 1 amide bonds. The highest BCUT2D eigenvalue weighted by Crippen LogP contribution is 2.22. The van der Waals surface area contributed by atoms with Gasteiger partial charge in [0, 0.05) is 32.1 Å². The molecule has 1 aliphatic rings. The number of amides is 1. The van der Waals surface area contributed by atoms with Crippen LogP contribution in [0.1, 0.15) is 23.7 Å². The van der Waals surface area contributed by atoms with E-state index in [1.807, 2.05) is 38.2 Å². The number of hydrogen-bond acceptors (Lipinski definition) is 4. The van der Waals surface area contributed by atoms with Crippen LogP contribution in [0.4, 0.5) is 5.82 Å². The van der Waals surface area contributed by atoms with E-state index in [-0.39, 0.29) is 5.91 Å². The number of rotatable bonds is 5. The van der Waals surface area contributed by atoms with Gasteiger partial charge in [0.1, 0.15) is 11.6 Å². The van der Waals surface area contributed by atoms with Crippen LogP contribution in [-0.2, 0) is 31.2 Å². The molecule has 1 aromatic heterocycles. The number of aromatic nitrogens is 2. The van der Waals surface area contributed by atoms with E-state index in [2.05, 4.69) is 15.7 Å². The first-order chi connectivity index (χ1) is 11.2. The van der Waals surface area contributed by atoms with Crippen LogP contribution in [-0.4, -0.2) is 28.8 Å². The molecule has 0 saturated carbocycles. The zero-order valence-corrected chi connectivity index (χ0v) is 13.6. The predicted octanol–water partition coefficient (Wildman–Crippen LogP) is 1.65. The van der Waals surface area contributed by atoms with Gasteiger partial charge in [-0.1, -0.05) is 12.1 Å². The van der Waals surface area contributed by atoms with E-state index in [1.165, 1.54) is 0 Å². The van der Waals surface area contributed by atoms with Crippen molar-refractivity contribution in [1.29, 1.82) is 0 Å². The summed E-state index contributed by atoms with van der Waals surface area (Å²) in [7, 11) is 1.87. The molecule has 2 aromatic rings. The number of carbonyl (C=O) groups excluding carboxylic acids is 1. The molecule has 0 unspecified atom stereocenters. The molecule has 0 saturated heterocycles. The van der Waals surface area contributed by atoms with Crippen molar-refractivity contribution in [3.05, 3.63) is 41.1 Å². The number of nitrogens with one attached hydrogen (secondary N) is 2. The van der Waals surface area contributed by atoms with E-state index < -0.39 is 0 Å². The number of hydrogen-bond donors (Lipinski definition) is 2. The Hall–Kier alpha value is -2.34. The van der Waals surface area contributed by atoms with E-state index in [1.54, 1.807) is 4.68 Å². The van der Waals surface area contributed by atoms with Crippen molar-refractivity contribution in [3.8, 4) is 5.75 Å². The van der Waals surface area contributed by atoms with Crippen molar-refractivity contribution in [1.82, 2.24) is 15.1 Å². The molecule has 6 heteroatoms. The van der Waals surface area contributed by atoms with Crippen molar-refractivity contribution in [2.45, 2.75) is 26.3 Å². The van der Waals surface area contributed by atoms with E-state index in [0.717, 1.165) is 47.9 Å². The lowest BCUT2D eigenvalue weighted by Crippen LogP contribution is -2.24. The normalized spacial score (nSPS) is 13.5. The van der Waals surface area contributed by atoms with Gasteiger partial charge in [-0.15, -0.1) is 0 Å². The van der Waals surface area contributed by atoms with Crippen LogP contribution in [0.2, 0.25) is 0 Å². The Kier molecular flexibility index (Phi) is 4.62. The van der Waals surface area contributed by atoms with Gasteiger partial charge in [0.2, 0.25) is 5.91 Å². The minimum absolute atomic E-state index is 0.0365. The van der Waals surface area contributed by atoms with E-state index in [0.29, 0.717) is 13.0 Å². The molecule has 0 spiro atoms. The SMILES string of the molecule is CCOc1ccc(CC(=O)Nc2c3c(nn2C)CCNC3)cc1. The van der Waals surface area contributed by atoms with Crippen molar-refractivity contribution in [3.63, 3.8) is 0 Å². The molecule has 0 aliphatic carbocycles. The summed E-state index contributed by atoms with van der Waals surface area (Å²) in [6, 6.07) is 7.62. The minimum Gasteiger partial charge on any atom is -0.494 e. The zero-order chi connectivity index (χ0) is 16.2. The van der Waals surface area contributed by atoms with Gasteiger partial charge in [-0.05, 0) is 24.6 Å². The number of benzene rings is 1. The first-order valence-corrected chi connectivity index (χ1v) is 7.94. The largest absolute Gasteiger partial charge is 0.494 e. The molecule has 0 radical (unpaired) electrons. The second-order valence-electron chi connectivity index (χ2n) is 5.63. The molecule has 1 aliphatic heterocycles. The topological polar surface area (TPSA) is 68.2 Å². The molecule has 122 valence electrons. The van der Waals surface area contributed by atoms with Gasteiger partial charge in [0.25, 0.3) is 0 Å². The lowest BCUT2D eigenvalue weighted by Gasteiger charge is -2.13. The first-order valence-electron chi connectivity index (χ1n) is 7.94. The quantitative estimate of drug-likeness (QED) is 0.880. The molecular weight excluding hydrogens is 292 g/mol. The van der Waals surface area contributed by atoms with Crippen molar-refractivity contribution >= 4 is 11.7 Å².